The summed E-state index contributed by atoms with van der Waals surface area (Å²) in [6.07, 6.45) is 1.60. The van der Waals surface area contributed by atoms with E-state index in [1.54, 1.807) is 24.3 Å². The molecule has 0 saturated heterocycles. The molecule has 0 aliphatic rings. The number of aliphatic hydroxyl groups excluding tert-OH is 1. The summed E-state index contributed by atoms with van der Waals surface area (Å²) >= 11 is 0. The molecular formula is C13H18N2O3. The highest BCUT2D eigenvalue weighted by atomic mass is 16.5. The molecule has 0 aliphatic carbocycles. The third kappa shape index (κ3) is 3.24. The Balaban J connectivity index is 2.97. The molecule has 5 heteroatoms. The first-order valence-electron chi connectivity index (χ1n) is 5.58. The third-order valence-corrected chi connectivity index (χ3v) is 2.50. The SMILES string of the molecule is C=CCN(CCO)C(=O)c1ccc(OC)cc1N. The second kappa shape index (κ2) is 6.66. The molecule has 0 fully saturated rings. The summed E-state index contributed by atoms with van der Waals surface area (Å²) in [5, 5.41) is 8.93. The zero-order valence-electron chi connectivity index (χ0n) is 10.4. The van der Waals surface area contributed by atoms with E-state index in [9.17, 15) is 4.79 Å². The number of amides is 1. The first-order chi connectivity index (χ1) is 8.63. The van der Waals surface area contributed by atoms with Crippen molar-refractivity contribution in [1.82, 2.24) is 4.90 Å². The molecule has 1 amide bonds. The second-order valence-electron chi connectivity index (χ2n) is 3.72. The Kier molecular flexibility index (Phi) is 5.20. The Labute approximate surface area is 106 Å². The summed E-state index contributed by atoms with van der Waals surface area (Å²) in [5.74, 6) is 0.366. The summed E-state index contributed by atoms with van der Waals surface area (Å²) in [6, 6.07) is 4.89. The first-order valence-corrected chi connectivity index (χ1v) is 5.58. The van der Waals surface area contributed by atoms with E-state index >= 15 is 0 Å². The number of carbonyl (C=O) groups is 1. The molecule has 0 heterocycles. The van der Waals surface area contributed by atoms with Crippen molar-refractivity contribution in [3.05, 3.63) is 36.4 Å². The molecule has 3 N–H and O–H groups in total. The van der Waals surface area contributed by atoms with E-state index in [0.29, 0.717) is 23.5 Å². The number of ether oxygens (including phenoxy) is 1. The van der Waals surface area contributed by atoms with Gasteiger partial charge in [0.2, 0.25) is 0 Å². The van der Waals surface area contributed by atoms with Gasteiger partial charge < -0.3 is 20.5 Å². The van der Waals surface area contributed by atoms with Gasteiger partial charge in [-0.25, -0.2) is 0 Å². The minimum atomic E-state index is -0.232. The lowest BCUT2D eigenvalue weighted by atomic mass is 10.1. The van der Waals surface area contributed by atoms with Gasteiger partial charge in [-0.05, 0) is 12.1 Å². The third-order valence-electron chi connectivity index (χ3n) is 2.50. The van der Waals surface area contributed by atoms with E-state index in [1.165, 1.54) is 12.0 Å². The van der Waals surface area contributed by atoms with Crippen LogP contribution in [0, 0.1) is 0 Å². The minimum Gasteiger partial charge on any atom is -0.497 e. The maximum Gasteiger partial charge on any atom is 0.256 e. The van der Waals surface area contributed by atoms with Crippen molar-refractivity contribution in [2.45, 2.75) is 0 Å². The van der Waals surface area contributed by atoms with Crippen LogP contribution in [-0.4, -0.2) is 42.7 Å². The monoisotopic (exact) mass is 250 g/mol. The average Bonchev–Trinajstić information content (AvgIpc) is 2.37. The molecule has 0 aromatic heterocycles. The number of nitrogen functional groups attached to an aromatic ring is 1. The van der Waals surface area contributed by atoms with Crippen LogP contribution in [0.4, 0.5) is 5.69 Å². The smallest absolute Gasteiger partial charge is 0.256 e. The minimum absolute atomic E-state index is 0.102. The molecule has 1 aromatic rings. The fourth-order valence-electron chi connectivity index (χ4n) is 1.59. The average molecular weight is 250 g/mol. The van der Waals surface area contributed by atoms with Crippen molar-refractivity contribution in [2.24, 2.45) is 0 Å². The molecule has 1 aromatic carbocycles. The molecule has 0 aliphatic heterocycles. The summed E-state index contributed by atoms with van der Waals surface area (Å²) < 4.78 is 5.02. The molecule has 5 nitrogen and oxygen atoms in total. The van der Waals surface area contributed by atoms with Crippen molar-refractivity contribution in [1.29, 1.82) is 0 Å². The van der Waals surface area contributed by atoms with E-state index in [-0.39, 0.29) is 19.1 Å². The largest absolute Gasteiger partial charge is 0.497 e. The second-order valence-corrected chi connectivity index (χ2v) is 3.72. The zero-order chi connectivity index (χ0) is 13.5. The molecule has 0 unspecified atom stereocenters. The highest BCUT2D eigenvalue weighted by Gasteiger charge is 2.16. The molecule has 18 heavy (non-hydrogen) atoms. The van der Waals surface area contributed by atoms with Crippen molar-refractivity contribution < 1.29 is 14.6 Å². The number of nitrogens with zero attached hydrogens (tertiary/aromatic N) is 1. The summed E-state index contributed by atoms with van der Waals surface area (Å²) in [5.41, 5.74) is 6.56. The fourth-order valence-corrected chi connectivity index (χ4v) is 1.59. The molecule has 0 bridgehead atoms. The molecule has 1 rings (SSSR count). The molecular weight excluding hydrogens is 232 g/mol. The van der Waals surface area contributed by atoms with Crippen LogP contribution in [-0.2, 0) is 0 Å². The van der Waals surface area contributed by atoms with Crippen LogP contribution >= 0.6 is 0 Å². The predicted molar refractivity (Wildman–Crippen MR) is 70.6 cm³/mol. The van der Waals surface area contributed by atoms with E-state index < -0.39 is 0 Å². The number of carbonyl (C=O) groups excluding carboxylic acids is 1. The van der Waals surface area contributed by atoms with E-state index in [0.717, 1.165) is 0 Å². The Morgan fingerprint density at radius 3 is 2.83 bits per heavy atom. The van der Waals surface area contributed by atoms with Crippen LogP contribution in [0.1, 0.15) is 10.4 Å². The lowest BCUT2D eigenvalue weighted by Gasteiger charge is -2.21. The van der Waals surface area contributed by atoms with Gasteiger partial charge in [0.05, 0.1) is 19.3 Å². The van der Waals surface area contributed by atoms with Gasteiger partial charge in [0, 0.05) is 24.8 Å². The van der Waals surface area contributed by atoms with Crippen molar-refractivity contribution in [2.75, 3.05) is 32.5 Å². The van der Waals surface area contributed by atoms with Crippen LogP contribution < -0.4 is 10.5 Å². The van der Waals surface area contributed by atoms with Crippen LogP contribution in [0.2, 0.25) is 0 Å². The van der Waals surface area contributed by atoms with Crippen LogP contribution in [0.15, 0.2) is 30.9 Å². The van der Waals surface area contributed by atoms with Crippen molar-refractivity contribution in [3.63, 3.8) is 0 Å². The van der Waals surface area contributed by atoms with Crippen LogP contribution in [0.25, 0.3) is 0 Å². The Hall–Kier alpha value is -2.01. The predicted octanol–water partition coefficient (Wildman–Crippen LogP) is 0.898. The van der Waals surface area contributed by atoms with Gasteiger partial charge >= 0.3 is 0 Å². The molecule has 0 spiro atoms. The van der Waals surface area contributed by atoms with Gasteiger partial charge in [-0.2, -0.15) is 0 Å². The summed E-state index contributed by atoms with van der Waals surface area (Å²) in [7, 11) is 1.53. The maximum absolute atomic E-state index is 12.2. The van der Waals surface area contributed by atoms with Gasteiger partial charge in [-0.3, -0.25) is 4.79 Å². The highest BCUT2D eigenvalue weighted by molar-refractivity contribution is 5.99. The molecule has 0 atom stereocenters. The van der Waals surface area contributed by atoms with Crippen molar-refractivity contribution in [3.8, 4) is 5.75 Å². The Bertz CT molecular complexity index is 432. The molecule has 0 saturated carbocycles. The number of benzene rings is 1. The number of hydrogen-bond donors (Lipinski definition) is 2. The van der Waals surface area contributed by atoms with E-state index in [1.807, 2.05) is 0 Å². The number of anilines is 1. The number of aliphatic hydroxyl groups is 1. The Morgan fingerprint density at radius 2 is 2.33 bits per heavy atom. The Morgan fingerprint density at radius 1 is 1.61 bits per heavy atom. The molecule has 0 radical (unpaired) electrons. The summed E-state index contributed by atoms with van der Waals surface area (Å²) in [4.78, 5) is 13.7. The fraction of sp³-hybridized carbons (Fsp3) is 0.308. The number of hydrogen-bond acceptors (Lipinski definition) is 4. The lowest BCUT2D eigenvalue weighted by molar-refractivity contribution is 0.0744. The highest BCUT2D eigenvalue weighted by Crippen LogP contribution is 2.21. The maximum atomic E-state index is 12.2. The van der Waals surface area contributed by atoms with Gasteiger partial charge in [-0.1, -0.05) is 6.08 Å². The number of methoxy groups -OCH3 is 1. The normalized spacial score (nSPS) is 9.89. The standard InChI is InChI=1S/C13H18N2O3/c1-3-6-15(7-8-16)13(17)11-5-4-10(18-2)9-12(11)14/h3-5,9,16H,1,6-8,14H2,2H3. The van der Waals surface area contributed by atoms with Gasteiger partial charge in [0.1, 0.15) is 5.75 Å². The van der Waals surface area contributed by atoms with Gasteiger partial charge in [0.25, 0.3) is 5.91 Å². The van der Waals surface area contributed by atoms with Gasteiger partial charge in [-0.15, -0.1) is 6.58 Å². The lowest BCUT2D eigenvalue weighted by Crippen LogP contribution is -2.34. The van der Waals surface area contributed by atoms with Crippen LogP contribution in [0.5, 0.6) is 5.75 Å². The molecule has 98 valence electrons. The quantitative estimate of drug-likeness (QED) is 0.581. The first kappa shape index (κ1) is 14.1. The number of rotatable bonds is 6. The van der Waals surface area contributed by atoms with Crippen LogP contribution in [0.3, 0.4) is 0 Å². The number of nitrogens with two attached hydrogens (primary N) is 1. The van der Waals surface area contributed by atoms with E-state index in [4.69, 9.17) is 15.6 Å². The van der Waals surface area contributed by atoms with Crippen molar-refractivity contribution >= 4 is 11.6 Å². The van der Waals surface area contributed by atoms with E-state index in [2.05, 4.69) is 6.58 Å². The zero-order valence-corrected chi connectivity index (χ0v) is 10.4. The topological polar surface area (TPSA) is 75.8 Å². The van der Waals surface area contributed by atoms with Gasteiger partial charge in [0.15, 0.2) is 0 Å². The summed E-state index contributed by atoms with van der Waals surface area (Å²) in [6.45, 7) is 4.09.